The monoisotopic (exact) mass is 636 g/mol. The van der Waals surface area contributed by atoms with E-state index in [9.17, 15) is 44.4 Å². The number of aromatic hydroxyl groups is 1. The van der Waals surface area contributed by atoms with Crippen molar-refractivity contribution in [1.82, 2.24) is 0 Å². The molecule has 0 aromatic heterocycles. The normalized spacial score (nSPS) is 26.5. The number of allylic oxidation sites excluding steroid dienone is 2. The number of amides is 4. The van der Waals surface area contributed by atoms with Gasteiger partial charge in [-0.25, -0.2) is 0 Å². The van der Waals surface area contributed by atoms with Crippen molar-refractivity contribution in [2.75, 3.05) is 16.9 Å². The maximum atomic E-state index is 14.3. The van der Waals surface area contributed by atoms with Crippen molar-refractivity contribution in [3.8, 4) is 11.5 Å². The van der Waals surface area contributed by atoms with E-state index in [4.69, 9.17) is 4.74 Å². The summed E-state index contributed by atoms with van der Waals surface area (Å²) >= 11 is 0. The summed E-state index contributed by atoms with van der Waals surface area (Å²) in [6.45, 7) is 0. The average Bonchev–Trinajstić information content (AvgIpc) is 3.47. The van der Waals surface area contributed by atoms with Gasteiger partial charge in [0.05, 0.1) is 42.2 Å². The van der Waals surface area contributed by atoms with E-state index in [0.717, 1.165) is 15.4 Å². The van der Waals surface area contributed by atoms with Crippen LogP contribution in [0.3, 0.4) is 0 Å². The fraction of sp³-hybridized carbons (Fsp3) is 0.273. The Hall–Kier alpha value is -4.75. The number of carbonyl (C=O) groups excluding carboxylic acids is 4. The number of imide groups is 2. The van der Waals surface area contributed by atoms with Crippen LogP contribution in [0, 0.1) is 29.6 Å². The van der Waals surface area contributed by atoms with Crippen LogP contribution >= 0.6 is 0 Å². The minimum absolute atomic E-state index is 0.0653. The molecule has 0 bridgehead atoms. The van der Waals surface area contributed by atoms with Gasteiger partial charge in [0.15, 0.2) is 0 Å². The van der Waals surface area contributed by atoms with Gasteiger partial charge in [-0.1, -0.05) is 42.0 Å². The quantitative estimate of drug-likeness (QED) is 0.138. The zero-order valence-electron chi connectivity index (χ0n) is 25.1. The minimum atomic E-state index is -1.82. The highest BCUT2D eigenvalue weighted by molar-refractivity contribution is 6.59. The number of ether oxygens (including phenoxy) is 1. The summed E-state index contributed by atoms with van der Waals surface area (Å²) in [5.41, 5.74) is 1.86. The smallest absolute Gasteiger partial charge is 0.488 e. The molecule has 2 aliphatic heterocycles. The number of hydrogen-bond acceptors (Lipinski definition) is 10. The maximum absolute atomic E-state index is 14.3. The first-order valence-corrected chi connectivity index (χ1v) is 15.3. The summed E-state index contributed by atoms with van der Waals surface area (Å²) in [7, 11) is -2.20. The number of benzene rings is 3. The molecule has 3 fully saturated rings. The zero-order chi connectivity index (χ0) is 33.3. The number of hydrogen-bond donors (Lipinski definition) is 5. The Morgan fingerprint density at radius 3 is 1.85 bits per heavy atom. The number of phenols is 1. The van der Waals surface area contributed by atoms with E-state index < -0.39 is 73.4 Å². The Bertz CT molecular complexity index is 1860. The SMILES string of the molecule is COc1cc(O)ccc1C1C2=CCC3C(=O)N(c4cccc(B(O)O)c4)C(=O)C3C2CC2C(=O)N(c3cccc(B(O)O)c3)C(=O)C21. The maximum Gasteiger partial charge on any atom is 0.488 e. The van der Waals surface area contributed by atoms with Crippen LogP contribution < -0.4 is 25.5 Å². The van der Waals surface area contributed by atoms with Crippen molar-refractivity contribution >= 4 is 60.2 Å². The Balaban J connectivity index is 1.34. The van der Waals surface area contributed by atoms with E-state index in [1.54, 1.807) is 12.1 Å². The largest absolute Gasteiger partial charge is 0.508 e. The second-order valence-corrected chi connectivity index (χ2v) is 12.4. The molecule has 6 atom stereocenters. The molecule has 238 valence electrons. The molecule has 2 saturated heterocycles. The van der Waals surface area contributed by atoms with E-state index in [1.807, 2.05) is 6.08 Å². The van der Waals surface area contributed by atoms with E-state index in [1.165, 1.54) is 61.7 Å². The second kappa shape index (κ2) is 11.5. The van der Waals surface area contributed by atoms with Crippen molar-refractivity contribution in [3.63, 3.8) is 0 Å². The topological polar surface area (TPSA) is 185 Å². The molecule has 2 heterocycles. The Kier molecular flexibility index (Phi) is 7.55. The molecule has 14 heteroatoms. The first kappa shape index (κ1) is 30.9. The Morgan fingerprint density at radius 1 is 0.702 bits per heavy atom. The van der Waals surface area contributed by atoms with E-state index in [0.29, 0.717) is 5.56 Å². The fourth-order valence-corrected chi connectivity index (χ4v) is 8.05. The lowest BCUT2D eigenvalue weighted by atomic mass is 9.57. The van der Waals surface area contributed by atoms with Gasteiger partial charge in [-0.15, -0.1) is 0 Å². The molecule has 5 N–H and O–H groups in total. The molecule has 4 amide bonds. The van der Waals surface area contributed by atoms with Crippen LogP contribution in [0.1, 0.15) is 24.3 Å². The van der Waals surface area contributed by atoms with Crippen molar-refractivity contribution in [3.05, 3.63) is 83.9 Å². The third kappa shape index (κ3) is 4.78. The first-order valence-electron chi connectivity index (χ1n) is 15.3. The molecular weight excluding hydrogens is 606 g/mol. The van der Waals surface area contributed by atoms with Gasteiger partial charge < -0.3 is 29.9 Å². The number of anilines is 2. The van der Waals surface area contributed by atoms with Gasteiger partial charge in [0.25, 0.3) is 0 Å². The van der Waals surface area contributed by atoms with Crippen LogP contribution in [0.15, 0.2) is 78.4 Å². The van der Waals surface area contributed by atoms with Crippen molar-refractivity contribution in [2.24, 2.45) is 29.6 Å². The third-order valence-corrected chi connectivity index (χ3v) is 10.1. The van der Waals surface area contributed by atoms with Crippen molar-refractivity contribution < 1.29 is 49.1 Å². The molecule has 12 nitrogen and oxygen atoms in total. The molecular formula is C33H30B2N2O10. The molecule has 0 radical (unpaired) electrons. The standard InChI is InChI=1S/C33H30B2N2O10/c1-47-26-14-20(38)8-9-22(26)27-21-10-11-23-28(32(41)36(30(23)39)18-6-2-4-16(12-18)34(43)44)24(21)15-25-29(27)33(42)37(31(25)40)19-7-3-5-17(13-19)35(45)46/h2-10,12-14,23-25,27-29,38,43-46H,11,15H2,1H3. The van der Waals surface area contributed by atoms with Crippen molar-refractivity contribution in [2.45, 2.75) is 18.8 Å². The van der Waals surface area contributed by atoms with Gasteiger partial charge in [0.1, 0.15) is 11.5 Å². The number of nitrogens with zero attached hydrogens (tertiary/aromatic N) is 2. The number of rotatable bonds is 6. The summed E-state index contributed by atoms with van der Waals surface area (Å²) in [6.07, 6.45) is 2.20. The summed E-state index contributed by atoms with van der Waals surface area (Å²) in [4.78, 5) is 58.6. The number of fused-ring (bicyclic) bond motifs is 4. The number of methoxy groups -OCH3 is 1. The highest BCUT2D eigenvalue weighted by Crippen LogP contribution is 2.59. The van der Waals surface area contributed by atoms with Crippen molar-refractivity contribution in [1.29, 1.82) is 0 Å². The second-order valence-electron chi connectivity index (χ2n) is 12.4. The first-order chi connectivity index (χ1) is 22.5. The van der Waals surface area contributed by atoms with Gasteiger partial charge in [-0.05, 0) is 60.0 Å². The zero-order valence-corrected chi connectivity index (χ0v) is 25.1. The van der Waals surface area contributed by atoms with Crippen LogP contribution in [0.5, 0.6) is 11.5 Å². The molecule has 0 spiro atoms. The van der Waals surface area contributed by atoms with E-state index in [-0.39, 0.29) is 46.6 Å². The highest BCUT2D eigenvalue weighted by atomic mass is 16.5. The lowest BCUT2D eigenvalue weighted by molar-refractivity contribution is -0.126. The van der Waals surface area contributed by atoms with Gasteiger partial charge >= 0.3 is 14.2 Å². The Labute approximate surface area is 269 Å². The minimum Gasteiger partial charge on any atom is -0.508 e. The summed E-state index contributed by atoms with van der Waals surface area (Å²) in [5, 5.41) is 49.2. The summed E-state index contributed by atoms with van der Waals surface area (Å²) < 4.78 is 5.63. The predicted molar refractivity (Wildman–Crippen MR) is 170 cm³/mol. The van der Waals surface area contributed by atoms with Crippen LogP contribution in [0.4, 0.5) is 11.4 Å². The van der Waals surface area contributed by atoms with Gasteiger partial charge in [-0.2, -0.15) is 0 Å². The van der Waals surface area contributed by atoms with Crippen LogP contribution in [0.2, 0.25) is 0 Å². The lowest BCUT2D eigenvalue weighted by Crippen LogP contribution is -2.43. The number of phenolic OH excluding ortho intramolecular Hbond substituents is 1. The average molecular weight is 636 g/mol. The molecule has 3 aromatic rings. The lowest BCUT2D eigenvalue weighted by Gasteiger charge is -2.44. The van der Waals surface area contributed by atoms with Gasteiger partial charge in [0.2, 0.25) is 23.6 Å². The van der Waals surface area contributed by atoms with Gasteiger partial charge in [-0.3, -0.25) is 29.0 Å². The van der Waals surface area contributed by atoms with Crippen LogP contribution in [0.25, 0.3) is 0 Å². The fourth-order valence-electron chi connectivity index (χ4n) is 8.05. The third-order valence-electron chi connectivity index (χ3n) is 10.1. The Morgan fingerprint density at radius 2 is 1.28 bits per heavy atom. The van der Waals surface area contributed by atoms with Gasteiger partial charge in [0, 0.05) is 17.5 Å². The molecule has 3 aromatic carbocycles. The van der Waals surface area contributed by atoms with E-state index in [2.05, 4.69) is 0 Å². The van der Waals surface area contributed by atoms with Crippen LogP contribution in [-0.4, -0.2) is 70.2 Å². The molecule has 7 rings (SSSR count). The molecule has 47 heavy (non-hydrogen) atoms. The number of carbonyl (C=O) groups is 4. The molecule has 4 aliphatic rings. The summed E-state index contributed by atoms with van der Waals surface area (Å²) in [6, 6.07) is 16.3. The highest BCUT2D eigenvalue weighted by Gasteiger charge is 2.62. The molecule has 6 unspecified atom stereocenters. The predicted octanol–water partition coefficient (Wildman–Crippen LogP) is -0.194. The molecule has 1 saturated carbocycles. The summed E-state index contributed by atoms with van der Waals surface area (Å²) in [5.74, 6) is -6.42. The van der Waals surface area contributed by atoms with E-state index >= 15 is 0 Å². The van der Waals surface area contributed by atoms with Crippen LogP contribution in [-0.2, 0) is 19.2 Å². The molecule has 2 aliphatic carbocycles.